The van der Waals surface area contributed by atoms with Crippen LogP contribution in [0.25, 0.3) is 0 Å². The molecule has 0 radical (unpaired) electrons. The molecule has 0 saturated heterocycles. The maximum Gasteiger partial charge on any atom is 0.157 e. The van der Waals surface area contributed by atoms with Gasteiger partial charge in [0.05, 0.1) is 18.4 Å². The summed E-state index contributed by atoms with van der Waals surface area (Å²) in [4.78, 5) is 0. The molecular formula is C15H18N2O2. The van der Waals surface area contributed by atoms with Crippen LogP contribution in [-0.4, -0.2) is 14.9 Å². The van der Waals surface area contributed by atoms with Gasteiger partial charge in [-0.1, -0.05) is 25.0 Å². The van der Waals surface area contributed by atoms with Gasteiger partial charge in [0.2, 0.25) is 0 Å². The summed E-state index contributed by atoms with van der Waals surface area (Å²) < 4.78 is 7.73. The number of nitrogens with zero attached hydrogens (tertiary/aromatic N) is 2. The lowest BCUT2D eigenvalue weighted by molar-refractivity contribution is 0.305. The maximum atomic E-state index is 9.21. The van der Waals surface area contributed by atoms with Crippen LogP contribution < -0.4 is 4.74 Å². The molecular weight excluding hydrogens is 240 g/mol. The number of phenolic OH excluding ortho intramolecular Hbond substituents is 1. The van der Waals surface area contributed by atoms with Crippen molar-refractivity contribution in [3.63, 3.8) is 0 Å². The second-order valence-electron chi connectivity index (χ2n) is 5.05. The van der Waals surface area contributed by atoms with Crippen LogP contribution in [0.1, 0.15) is 37.3 Å². The molecule has 1 saturated carbocycles. The SMILES string of the molecule is Oc1ccc(COc2cnn(C3CCCC3)c2)cc1. The van der Waals surface area contributed by atoms with E-state index in [0.717, 1.165) is 11.3 Å². The van der Waals surface area contributed by atoms with E-state index < -0.39 is 0 Å². The largest absolute Gasteiger partial charge is 0.508 e. The Hall–Kier alpha value is -1.97. The number of benzene rings is 1. The molecule has 0 amide bonds. The molecule has 1 fully saturated rings. The minimum Gasteiger partial charge on any atom is -0.508 e. The minimum atomic E-state index is 0.276. The summed E-state index contributed by atoms with van der Waals surface area (Å²) in [5.74, 6) is 1.08. The zero-order valence-corrected chi connectivity index (χ0v) is 10.8. The number of ether oxygens (including phenoxy) is 1. The molecule has 1 heterocycles. The third-order valence-corrected chi connectivity index (χ3v) is 3.62. The molecule has 1 aromatic carbocycles. The van der Waals surface area contributed by atoms with Gasteiger partial charge in [-0.2, -0.15) is 5.10 Å². The molecule has 4 nitrogen and oxygen atoms in total. The molecule has 3 rings (SSSR count). The minimum absolute atomic E-state index is 0.276. The molecule has 2 aromatic rings. The highest BCUT2D eigenvalue weighted by molar-refractivity contribution is 5.26. The molecule has 0 spiro atoms. The fraction of sp³-hybridized carbons (Fsp3) is 0.400. The van der Waals surface area contributed by atoms with Crippen LogP contribution in [0.2, 0.25) is 0 Å². The van der Waals surface area contributed by atoms with Crippen LogP contribution in [0.5, 0.6) is 11.5 Å². The van der Waals surface area contributed by atoms with Gasteiger partial charge in [-0.15, -0.1) is 0 Å². The van der Waals surface area contributed by atoms with E-state index in [1.807, 2.05) is 23.0 Å². The fourth-order valence-electron chi connectivity index (χ4n) is 2.52. The molecule has 1 aliphatic carbocycles. The summed E-state index contributed by atoms with van der Waals surface area (Å²) in [5.41, 5.74) is 1.03. The lowest BCUT2D eigenvalue weighted by atomic mass is 10.2. The number of aromatic hydroxyl groups is 1. The van der Waals surface area contributed by atoms with Gasteiger partial charge >= 0.3 is 0 Å². The van der Waals surface area contributed by atoms with Crippen LogP contribution in [0.15, 0.2) is 36.7 Å². The van der Waals surface area contributed by atoms with Crippen molar-refractivity contribution in [1.29, 1.82) is 0 Å². The highest BCUT2D eigenvalue weighted by atomic mass is 16.5. The van der Waals surface area contributed by atoms with Crippen molar-refractivity contribution in [1.82, 2.24) is 9.78 Å². The zero-order valence-electron chi connectivity index (χ0n) is 10.8. The smallest absolute Gasteiger partial charge is 0.157 e. The van der Waals surface area contributed by atoms with Crippen molar-refractivity contribution >= 4 is 0 Å². The molecule has 4 heteroatoms. The first-order chi connectivity index (χ1) is 9.31. The summed E-state index contributed by atoms with van der Waals surface area (Å²) >= 11 is 0. The van der Waals surface area contributed by atoms with Gasteiger partial charge in [-0.3, -0.25) is 4.68 Å². The van der Waals surface area contributed by atoms with Crippen molar-refractivity contribution < 1.29 is 9.84 Å². The average Bonchev–Trinajstić information content (AvgIpc) is 3.09. The summed E-state index contributed by atoms with van der Waals surface area (Å²) in [6.45, 7) is 0.497. The quantitative estimate of drug-likeness (QED) is 0.915. The monoisotopic (exact) mass is 258 g/mol. The highest BCUT2D eigenvalue weighted by Gasteiger charge is 2.17. The van der Waals surface area contributed by atoms with Gasteiger partial charge in [-0.05, 0) is 30.5 Å². The van der Waals surface area contributed by atoms with Crippen LogP contribution >= 0.6 is 0 Å². The van der Waals surface area contributed by atoms with Crippen LogP contribution in [0, 0.1) is 0 Å². The van der Waals surface area contributed by atoms with Gasteiger partial charge < -0.3 is 9.84 Å². The standard InChI is InChI=1S/C15H18N2O2/c18-14-7-5-12(6-8-14)11-19-15-9-16-17(10-15)13-3-1-2-4-13/h5-10,13,18H,1-4,11H2. The van der Waals surface area contributed by atoms with Gasteiger partial charge in [0.25, 0.3) is 0 Å². The highest BCUT2D eigenvalue weighted by Crippen LogP contribution is 2.29. The van der Waals surface area contributed by atoms with E-state index in [4.69, 9.17) is 4.74 Å². The molecule has 100 valence electrons. The Labute approximate surface area is 112 Å². The van der Waals surface area contributed by atoms with Crippen molar-refractivity contribution in [2.45, 2.75) is 38.3 Å². The summed E-state index contributed by atoms with van der Waals surface area (Å²) in [6.07, 6.45) is 8.80. The van der Waals surface area contributed by atoms with Crippen molar-refractivity contribution in [3.8, 4) is 11.5 Å². The van der Waals surface area contributed by atoms with Gasteiger partial charge in [-0.25, -0.2) is 0 Å². The summed E-state index contributed by atoms with van der Waals surface area (Å²) in [6, 6.07) is 7.60. The first kappa shape index (κ1) is 12.1. The fourth-order valence-corrected chi connectivity index (χ4v) is 2.52. The average molecular weight is 258 g/mol. The molecule has 1 aromatic heterocycles. The summed E-state index contributed by atoms with van der Waals surface area (Å²) in [5, 5.41) is 13.6. The van der Waals surface area contributed by atoms with E-state index in [-0.39, 0.29) is 5.75 Å². The second-order valence-corrected chi connectivity index (χ2v) is 5.05. The molecule has 1 aliphatic rings. The Balaban J connectivity index is 1.59. The first-order valence-electron chi connectivity index (χ1n) is 6.76. The Morgan fingerprint density at radius 2 is 1.95 bits per heavy atom. The number of phenols is 1. The second kappa shape index (κ2) is 5.34. The van der Waals surface area contributed by atoms with Crippen molar-refractivity contribution in [2.24, 2.45) is 0 Å². The number of aromatic nitrogens is 2. The van der Waals surface area contributed by atoms with Gasteiger partial charge in [0.1, 0.15) is 12.4 Å². The lowest BCUT2D eigenvalue weighted by Crippen LogP contribution is -2.04. The normalized spacial score (nSPS) is 15.8. The maximum absolute atomic E-state index is 9.21. The van der Waals surface area contributed by atoms with E-state index >= 15 is 0 Å². The molecule has 0 unspecified atom stereocenters. The Kier molecular flexibility index (Phi) is 3.40. The topological polar surface area (TPSA) is 47.3 Å². The van der Waals surface area contributed by atoms with E-state index in [1.165, 1.54) is 25.7 Å². The molecule has 0 atom stereocenters. The third kappa shape index (κ3) is 2.89. The number of hydrogen-bond acceptors (Lipinski definition) is 3. The molecule has 19 heavy (non-hydrogen) atoms. The third-order valence-electron chi connectivity index (χ3n) is 3.62. The van der Waals surface area contributed by atoms with Crippen LogP contribution in [0.3, 0.4) is 0 Å². The van der Waals surface area contributed by atoms with Crippen molar-refractivity contribution in [2.75, 3.05) is 0 Å². The molecule has 0 bridgehead atoms. The van der Waals surface area contributed by atoms with E-state index in [1.54, 1.807) is 18.3 Å². The van der Waals surface area contributed by atoms with Crippen LogP contribution in [0.4, 0.5) is 0 Å². The Morgan fingerprint density at radius 1 is 1.21 bits per heavy atom. The van der Waals surface area contributed by atoms with Gasteiger partial charge in [0, 0.05) is 0 Å². The van der Waals surface area contributed by atoms with E-state index in [2.05, 4.69) is 5.10 Å². The summed E-state index contributed by atoms with van der Waals surface area (Å²) in [7, 11) is 0. The Bertz CT molecular complexity index is 527. The molecule has 0 aliphatic heterocycles. The number of hydrogen-bond donors (Lipinski definition) is 1. The molecule has 1 N–H and O–H groups in total. The first-order valence-corrected chi connectivity index (χ1v) is 6.76. The zero-order chi connectivity index (χ0) is 13.1. The predicted octanol–water partition coefficient (Wildman–Crippen LogP) is 3.28. The van der Waals surface area contributed by atoms with Crippen LogP contribution in [-0.2, 0) is 6.61 Å². The van der Waals surface area contributed by atoms with Gasteiger partial charge in [0.15, 0.2) is 5.75 Å². The lowest BCUT2D eigenvalue weighted by Gasteiger charge is -2.08. The van der Waals surface area contributed by atoms with E-state index in [0.29, 0.717) is 12.6 Å². The van der Waals surface area contributed by atoms with Crippen molar-refractivity contribution in [3.05, 3.63) is 42.2 Å². The number of rotatable bonds is 4. The Morgan fingerprint density at radius 3 is 2.68 bits per heavy atom. The van der Waals surface area contributed by atoms with E-state index in [9.17, 15) is 5.11 Å². The predicted molar refractivity (Wildman–Crippen MR) is 72.2 cm³/mol.